The first-order chi connectivity index (χ1) is 13.5. The molecule has 1 amide bonds. The van der Waals surface area contributed by atoms with Crippen LogP contribution in [0.5, 0.6) is 5.75 Å². The Morgan fingerprint density at radius 1 is 1.00 bits per heavy atom. The fourth-order valence-corrected chi connectivity index (χ4v) is 2.56. The van der Waals surface area contributed by atoms with Crippen LogP contribution in [0.4, 0.5) is 5.69 Å². The van der Waals surface area contributed by atoms with Crippen LogP contribution in [-0.2, 0) is 9.53 Å². The van der Waals surface area contributed by atoms with Gasteiger partial charge in [-0.25, -0.2) is 4.79 Å². The van der Waals surface area contributed by atoms with Gasteiger partial charge in [0.2, 0.25) is 0 Å². The van der Waals surface area contributed by atoms with E-state index in [1.807, 2.05) is 24.3 Å². The SMILES string of the molecule is CCCCOc1ccc(C(=O)OCC(=O)Nc2ccc([C@H](C)CC)cc2)cc1. The molecule has 0 aliphatic heterocycles. The summed E-state index contributed by atoms with van der Waals surface area (Å²) in [5.74, 6) is 0.282. The summed E-state index contributed by atoms with van der Waals surface area (Å²) in [5.41, 5.74) is 2.30. The van der Waals surface area contributed by atoms with Crippen molar-refractivity contribution < 1.29 is 19.1 Å². The second-order valence-corrected chi connectivity index (χ2v) is 6.78. The predicted octanol–water partition coefficient (Wildman–Crippen LogP) is 5.17. The lowest BCUT2D eigenvalue weighted by Gasteiger charge is -2.11. The fraction of sp³-hybridized carbons (Fsp3) is 0.391. The van der Waals surface area contributed by atoms with Gasteiger partial charge in [-0.05, 0) is 60.7 Å². The lowest BCUT2D eigenvalue weighted by atomic mass is 9.99. The van der Waals surface area contributed by atoms with E-state index in [0.29, 0.717) is 29.5 Å². The number of benzene rings is 2. The average Bonchev–Trinajstić information content (AvgIpc) is 2.72. The van der Waals surface area contributed by atoms with Gasteiger partial charge in [0.1, 0.15) is 5.75 Å². The topological polar surface area (TPSA) is 64.6 Å². The van der Waals surface area contributed by atoms with E-state index in [2.05, 4.69) is 26.1 Å². The number of rotatable bonds is 10. The van der Waals surface area contributed by atoms with Crippen molar-refractivity contribution in [3.63, 3.8) is 0 Å². The van der Waals surface area contributed by atoms with Gasteiger partial charge < -0.3 is 14.8 Å². The predicted molar refractivity (Wildman–Crippen MR) is 111 cm³/mol. The van der Waals surface area contributed by atoms with E-state index in [0.717, 1.165) is 19.3 Å². The molecule has 0 aliphatic rings. The van der Waals surface area contributed by atoms with E-state index in [4.69, 9.17) is 9.47 Å². The first-order valence-electron chi connectivity index (χ1n) is 9.83. The van der Waals surface area contributed by atoms with Crippen molar-refractivity contribution in [1.29, 1.82) is 0 Å². The van der Waals surface area contributed by atoms with Crippen LogP contribution in [-0.4, -0.2) is 25.1 Å². The Labute approximate surface area is 167 Å². The summed E-state index contributed by atoms with van der Waals surface area (Å²) < 4.78 is 10.6. The zero-order valence-electron chi connectivity index (χ0n) is 16.9. The van der Waals surface area contributed by atoms with Crippen LogP contribution < -0.4 is 10.1 Å². The molecule has 0 aromatic heterocycles. The van der Waals surface area contributed by atoms with Crippen LogP contribution in [0.2, 0.25) is 0 Å². The second-order valence-electron chi connectivity index (χ2n) is 6.78. The summed E-state index contributed by atoms with van der Waals surface area (Å²) in [7, 11) is 0. The third-order valence-electron chi connectivity index (χ3n) is 4.57. The van der Waals surface area contributed by atoms with Crippen molar-refractivity contribution in [2.75, 3.05) is 18.5 Å². The Balaban J connectivity index is 1.79. The third kappa shape index (κ3) is 6.72. The number of amides is 1. The molecule has 0 spiro atoms. The maximum absolute atomic E-state index is 12.1. The fourth-order valence-electron chi connectivity index (χ4n) is 2.56. The molecule has 1 N–H and O–H groups in total. The Morgan fingerprint density at radius 2 is 1.68 bits per heavy atom. The highest BCUT2D eigenvalue weighted by molar-refractivity contribution is 5.95. The molecule has 2 aromatic rings. The Kier molecular flexibility index (Phi) is 8.53. The Bertz CT molecular complexity index is 753. The molecule has 0 radical (unpaired) electrons. The molecule has 0 heterocycles. The minimum atomic E-state index is -0.539. The normalized spacial score (nSPS) is 11.5. The molecule has 2 aromatic carbocycles. The van der Waals surface area contributed by atoms with E-state index < -0.39 is 5.97 Å². The monoisotopic (exact) mass is 383 g/mol. The lowest BCUT2D eigenvalue weighted by Crippen LogP contribution is -2.20. The molecule has 0 aliphatic carbocycles. The highest BCUT2D eigenvalue weighted by Gasteiger charge is 2.11. The zero-order valence-corrected chi connectivity index (χ0v) is 16.9. The van der Waals surface area contributed by atoms with Crippen molar-refractivity contribution in [2.24, 2.45) is 0 Å². The summed E-state index contributed by atoms with van der Waals surface area (Å²) in [5, 5.41) is 2.73. The van der Waals surface area contributed by atoms with E-state index >= 15 is 0 Å². The van der Waals surface area contributed by atoms with Crippen molar-refractivity contribution in [3.8, 4) is 5.75 Å². The number of hydrogen-bond acceptors (Lipinski definition) is 4. The average molecular weight is 383 g/mol. The highest BCUT2D eigenvalue weighted by atomic mass is 16.5. The van der Waals surface area contributed by atoms with Crippen LogP contribution in [0.15, 0.2) is 48.5 Å². The van der Waals surface area contributed by atoms with Gasteiger partial charge in [0, 0.05) is 5.69 Å². The van der Waals surface area contributed by atoms with Crippen LogP contribution in [0.25, 0.3) is 0 Å². The number of hydrogen-bond donors (Lipinski definition) is 1. The largest absolute Gasteiger partial charge is 0.494 e. The van der Waals surface area contributed by atoms with Gasteiger partial charge in [-0.2, -0.15) is 0 Å². The van der Waals surface area contributed by atoms with Gasteiger partial charge >= 0.3 is 5.97 Å². The maximum atomic E-state index is 12.1. The summed E-state index contributed by atoms with van der Waals surface area (Å²) in [4.78, 5) is 24.1. The number of esters is 1. The number of carbonyl (C=O) groups is 2. The number of nitrogens with one attached hydrogen (secondary N) is 1. The molecule has 5 heteroatoms. The first-order valence-corrected chi connectivity index (χ1v) is 9.83. The molecule has 0 bridgehead atoms. The molecule has 2 rings (SSSR count). The van der Waals surface area contributed by atoms with Gasteiger partial charge in [0.25, 0.3) is 5.91 Å². The van der Waals surface area contributed by atoms with Crippen molar-refractivity contribution >= 4 is 17.6 Å². The van der Waals surface area contributed by atoms with E-state index in [1.165, 1.54) is 5.56 Å². The molecule has 1 atom stereocenters. The summed E-state index contributed by atoms with van der Waals surface area (Å²) in [6.07, 6.45) is 3.11. The molecular formula is C23H29NO4. The Morgan fingerprint density at radius 3 is 2.29 bits per heavy atom. The van der Waals surface area contributed by atoms with E-state index in [1.54, 1.807) is 24.3 Å². The minimum Gasteiger partial charge on any atom is -0.494 e. The number of anilines is 1. The summed E-state index contributed by atoms with van der Waals surface area (Å²) in [6, 6.07) is 14.4. The van der Waals surface area contributed by atoms with Crippen LogP contribution in [0.1, 0.15) is 61.9 Å². The van der Waals surface area contributed by atoms with Crippen LogP contribution >= 0.6 is 0 Å². The lowest BCUT2D eigenvalue weighted by molar-refractivity contribution is -0.119. The maximum Gasteiger partial charge on any atom is 0.338 e. The summed E-state index contributed by atoms with van der Waals surface area (Å²) >= 11 is 0. The molecule has 150 valence electrons. The standard InChI is InChI=1S/C23H29NO4/c1-4-6-15-27-21-13-9-19(10-14-21)23(26)28-16-22(25)24-20-11-7-18(8-12-20)17(3)5-2/h7-14,17H,4-6,15-16H2,1-3H3,(H,24,25)/t17-/m1/s1. The molecule has 0 saturated carbocycles. The second kappa shape index (κ2) is 11.1. The molecule has 0 saturated heterocycles. The molecule has 5 nitrogen and oxygen atoms in total. The molecular weight excluding hydrogens is 354 g/mol. The van der Waals surface area contributed by atoms with E-state index in [9.17, 15) is 9.59 Å². The van der Waals surface area contributed by atoms with Crippen LogP contribution in [0.3, 0.4) is 0 Å². The van der Waals surface area contributed by atoms with Crippen molar-refractivity contribution in [3.05, 3.63) is 59.7 Å². The van der Waals surface area contributed by atoms with Gasteiger partial charge in [0.05, 0.1) is 12.2 Å². The number of carbonyl (C=O) groups excluding carboxylic acids is 2. The number of ether oxygens (including phenoxy) is 2. The smallest absolute Gasteiger partial charge is 0.338 e. The quantitative estimate of drug-likeness (QED) is 0.454. The van der Waals surface area contributed by atoms with Crippen molar-refractivity contribution in [2.45, 2.75) is 46.0 Å². The number of unbranched alkanes of at least 4 members (excludes halogenated alkanes) is 1. The highest BCUT2D eigenvalue weighted by Crippen LogP contribution is 2.20. The minimum absolute atomic E-state index is 0.333. The Hall–Kier alpha value is -2.82. The van der Waals surface area contributed by atoms with Crippen LogP contribution in [0, 0.1) is 0 Å². The van der Waals surface area contributed by atoms with Crippen molar-refractivity contribution in [1.82, 2.24) is 0 Å². The van der Waals surface area contributed by atoms with Gasteiger partial charge in [-0.15, -0.1) is 0 Å². The zero-order chi connectivity index (χ0) is 20.4. The summed E-state index contributed by atoms with van der Waals surface area (Å²) in [6.45, 7) is 6.72. The molecule has 0 fully saturated rings. The van der Waals surface area contributed by atoms with E-state index in [-0.39, 0.29) is 12.5 Å². The molecule has 28 heavy (non-hydrogen) atoms. The molecule has 0 unspecified atom stereocenters. The van der Waals surface area contributed by atoms with Gasteiger partial charge in [-0.1, -0.05) is 39.3 Å². The third-order valence-corrected chi connectivity index (χ3v) is 4.57. The first kappa shape index (κ1) is 21.5. The van der Waals surface area contributed by atoms with Gasteiger partial charge in [-0.3, -0.25) is 4.79 Å². The van der Waals surface area contributed by atoms with Gasteiger partial charge in [0.15, 0.2) is 6.61 Å².